The molecule has 0 aliphatic heterocycles. The highest BCUT2D eigenvalue weighted by Gasteiger charge is 2.10. The third kappa shape index (κ3) is 7.11. The Morgan fingerprint density at radius 3 is 2.15 bits per heavy atom. The van der Waals surface area contributed by atoms with Crippen molar-refractivity contribution in [1.82, 2.24) is 0 Å². The van der Waals surface area contributed by atoms with Gasteiger partial charge < -0.3 is 18.9 Å². The minimum atomic E-state index is -0.526. The molecule has 0 unspecified atom stereocenters. The van der Waals surface area contributed by atoms with Crippen LogP contribution in [0, 0.1) is 0 Å². The van der Waals surface area contributed by atoms with Crippen LogP contribution in [-0.4, -0.2) is 38.4 Å². The van der Waals surface area contributed by atoms with E-state index in [0.717, 1.165) is 6.42 Å². The molecule has 0 aliphatic carbocycles. The summed E-state index contributed by atoms with van der Waals surface area (Å²) >= 11 is 0. The first kappa shape index (κ1) is 20.5. The largest absolute Gasteiger partial charge is 0.482 e. The summed E-state index contributed by atoms with van der Waals surface area (Å²) in [6, 6.07) is 13.7. The molecule has 6 nitrogen and oxygen atoms in total. The summed E-state index contributed by atoms with van der Waals surface area (Å²) in [4.78, 5) is 23.7. The van der Waals surface area contributed by atoms with Gasteiger partial charge in [-0.3, -0.25) is 0 Å². The van der Waals surface area contributed by atoms with Crippen LogP contribution in [-0.2, 0) is 20.7 Å². The summed E-state index contributed by atoms with van der Waals surface area (Å²) in [5.74, 6) is -0.0434. The quantitative estimate of drug-likeness (QED) is 0.361. The summed E-state index contributed by atoms with van der Waals surface area (Å²) in [7, 11) is 0. The molecule has 27 heavy (non-hydrogen) atoms. The first-order valence-electron chi connectivity index (χ1n) is 8.89. The van der Waals surface area contributed by atoms with Gasteiger partial charge in [0.05, 0.1) is 12.2 Å². The number of carbonyl (C=O) groups excluding carboxylic acids is 2. The lowest BCUT2D eigenvalue weighted by Crippen LogP contribution is -2.17. The molecule has 144 valence electrons. The Balaban J connectivity index is 1.77. The van der Waals surface area contributed by atoms with Gasteiger partial charge in [-0.2, -0.15) is 0 Å². The van der Waals surface area contributed by atoms with Gasteiger partial charge >= 0.3 is 11.9 Å². The number of rotatable bonds is 10. The second kappa shape index (κ2) is 11.0. The maximum Gasteiger partial charge on any atom is 0.349 e. The van der Waals surface area contributed by atoms with E-state index in [2.05, 4.69) is 6.92 Å². The Labute approximate surface area is 159 Å². The van der Waals surface area contributed by atoms with Crippen LogP contribution in [0.3, 0.4) is 0 Å². The molecule has 0 aliphatic rings. The van der Waals surface area contributed by atoms with E-state index in [1.54, 1.807) is 0 Å². The number of ether oxygens (including phenoxy) is 4. The first-order valence-corrected chi connectivity index (χ1v) is 8.89. The number of carbonyl (C=O) groups is 2. The molecule has 0 spiro atoms. The Kier molecular flexibility index (Phi) is 8.32. The molecule has 2 rings (SSSR count). The monoisotopic (exact) mass is 372 g/mol. The number of hydrogen-bond acceptors (Lipinski definition) is 6. The molecule has 0 amide bonds. The summed E-state index contributed by atoms with van der Waals surface area (Å²) in [5, 5.41) is 0. The van der Waals surface area contributed by atoms with E-state index in [-0.39, 0.29) is 13.2 Å². The van der Waals surface area contributed by atoms with E-state index in [4.69, 9.17) is 18.9 Å². The maximum atomic E-state index is 11.9. The van der Waals surface area contributed by atoms with Crippen molar-refractivity contribution in [3.8, 4) is 11.5 Å². The van der Waals surface area contributed by atoms with Gasteiger partial charge in [0, 0.05) is 6.61 Å². The third-order valence-electron chi connectivity index (χ3n) is 3.67. The van der Waals surface area contributed by atoms with Gasteiger partial charge in [0.15, 0.2) is 6.61 Å². The average molecular weight is 372 g/mol. The second-order valence-electron chi connectivity index (χ2n) is 5.62. The van der Waals surface area contributed by atoms with Crippen molar-refractivity contribution in [3.05, 3.63) is 59.7 Å². The summed E-state index contributed by atoms with van der Waals surface area (Å²) in [6.07, 6.45) is 0.943. The van der Waals surface area contributed by atoms with E-state index in [9.17, 15) is 9.59 Å². The number of benzene rings is 2. The lowest BCUT2D eigenvalue weighted by molar-refractivity contribution is -0.136. The molecule has 2 aromatic rings. The standard InChI is InChI=1S/C21H24O6/c1-3-16-5-9-18(10-6-16)26-15-20(22)27-19-11-7-17(8-12-19)21(23)25-14-13-24-4-2/h5-12H,3-4,13-15H2,1-2H3. The zero-order chi connectivity index (χ0) is 19.5. The van der Waals surface area contributed by atoms with Crippen molar-refractivity contribution in [1.29, 1.82) is 0 Å². The van der Waals surface area contributed by atoms with Crippen molar-refractivity contribution >= 4 is 11.9 Å². The molecule has 0 atom stereocenters. The maximum absolute atomic E-state index is 11.9. The molecule has 2 aromatic carbocycles. The van der Waals surface area contributed by atoms with E-state index in [1.807, 2.05) is 31.2 Å². The highest BCUT2D eigenvalue weighted by atomic mass is 16.6. The summed E-state index contributed by atoms with van der Waals surface area (Å²) < 4.78 is 20.8. The lowest BCUT2D eigenvalue weighted by atomic mass is 10.2. The molecule has 0 N–H and O–H groups in total. The topological polar surface area (TPSA) is 71.1 Å². The molecule has 6 heteroatoms. The van der Waals surface area contributed by atoms with Crippen LogP contribution in [0.2, 0.25) is 0 Å². The van der Waals surface area contributed by atoms with E-state index >= 15 is 0 Å². The third-order valence-corrected chi connectivity index (χ3v) is 3.67. The Hall–Kier alpha value is -2.86. The van der Waals surface area contributed by atoms with Gasteiger partial charge in [-0.05, 0) is 55.3 Å². The molecule has 0 saturated carbocycles. The smallest absolute Gasteiger partial charge is 0.349 e. The Morgan fingerprint density at radius 1 is 0.852 bits per heavy atom. The van der Waals surface area contributed by atoms with E-state index in [1.165, 1.54) is 29.8 Å². The lowest BCUT2D eigenvalue weighted by Gasteiger charge is -2.08. The Morgan fingerprint density at radius 2 is 1.52 bits per heavy atom. The van der Waals surface area contributed by atoms with Crippen molar-refractivity contribution < 1.29 is 28.5 Å². The van der Waals surface area contributed by atoms with Crippen LogP contribution >= 0.6 is 0 Å². The summed E-state index contributed by atoms with van der Waals surface area (Å²) in [6.45, 7) is 4.87. The zero-order valence-electron chi connectivity index (χ0n) is 15.6. The zero-order valence-corrected chi connectivity index (χ0v) is 15.6. The van der Waals surface area contributed by atoms with Gasteiger partial charge in [-0.25, -0.2) is 9.59 Å². The molecule has 0 saturated heterocycles. The van der Waals surface area contributed by atoms with Crippen LogP contribution in [0.4, 0.5) is 0 Å². The molecular formula is C21H24O6. The van der Waals surface area contributed by atoms with Crippen LogP contribution < -0.4 is 9.47 Å². The van der Waals surface area contributed by atoms with Crippen LogP contribution in [0.1, 0.15) is 29.8 Å². The first-order chi connectivity index (χ1) is 13.1. The normalized spacial score (nSPS) is 10.3. The fourth-order valence-corrected chi connectivity index (χ4v) is 2.20. The van der Waals surface area contributed by atoms with Crippen LogP contribution in [0.15, 0.2) is 48.5 Å². The molecule has 0 fully saturated rings. The molecule has 0 aromatic heterocycles. The molecular weight excluding hydrogens is 348 g/mol. The second-order valence-corrected chi connectivity index (χ2v) is 5.62. The molecule has 0 heterocycles. The molecule has 0 bridgehead atoms. The van der Waals surface area contributed by atoms with Gasteiger partial charge in [0.2, 0.25) is 0 Å². The van der Waals surface area contributed by atoms with Crippen molar-refractivity contribution in [3.63, 3.8) is 0 Å². The fourth-order valence-electron chi connectivity index (χ4n) is 2.20. The van der Waals surface area contributed by atoms with E-state index in [0.29, 0.717) is 30.3 Å². The van der Waals surface area contributed by atoms with Gasteiger partial charge in [-0.15, -0.1) is 0 Å². The minimum Gasteiger partial charge on any atom is -0.482 e. The summed E-state index contributed by atoms with van der Waals surface area (Å²) in [5.41, 5.74) is 1.57. The highest BCUT2D eigenvalue weighted by Crippen LogP contribution is 2.15. The van der Waals surface area contributed by atoms with Crippen molar-refractivity contribution in [2.75, 3.05) is 26.4 Å². The number of esters is 2. The SMILES string of the molecule is CCOCCOC(=O)c1ccc(OC(=O)COc2ccc(CC)cc2)cc1. The average Bonchev–Trinajstić information content (AvgIpc) is 2.70. The fraction of sp³-hybridized carbons (Fsp3) is 0.333. The Bertz CT molecular complexity index is 721. The van der Waals surface area contributed by atoms with E-state index < -0.39 is 11.9 Å². The molecule has 0 radical (unpaired) electrons. The van der Waals surface area contributed by atoms with Crippen LogP contribution in [0.5, 0.6) is 11.5 Å². The van der Waals surface area contributed by atoms with Crippen LogP contribution in [0.25, 0.3) is 0 Å². The number of hydrogen-bond donors (Lipinski definition) is 0. The van der Waals surface area contributed by atoms with Crippen molar-refractivity contribution in [2.45, 2.75) is 20.3 Å². The van der Waals surface area contributed by atoms with Gasteiger partial charge in [0.1, 0.15) is 18.1 Å². The number of aryl methyl sites for hydroxylation is 1. The highest BCUT2D eigenvalue weighted by molar-refractivity contribution is 5.89. The minimum absolute atomic E-state index is 0.194. The van der Waals surface area contributed by atoms with Gasteiger partial charge in [-0.1, -0.05) is 19.1 Å². The van der Waals surface area contributed by atoms with Gasteiger partial charge in [0.25, 0.3) is 0 Å². The predicted octanol–water partition coefficient (Wildman–Crippen LogP) is 3.43. The predicted molar refractivity (Wildman–Crippen MR) is 100 cm³/mol. The van der Waals surface area contributed by atoms with Crippen molar-refractivity contribution in [2.24, 2.45) is 0 Å².